The molecule has 1 unspecified atom stereocenters. The van der Waals surface area contributed by atoms with E-state index in [4.69, 9.17) is 4.74 Å². The Hall–Kier alpha value is 0.120. The summed E-state index contributed by atoms with van der Waals surface area (Å²) in [6, 6.07) is 0.409. The summed E-state index contributed by atoms with van der Waals surface area (Å²) in [4.78, 5) is 0. The Morgan fingerprint density at radius 1 is 1.15 bits per heavy atom. The predicted molar refractivity (Wildman–Crippen MR) is 80.8 cm³/mol. The van der Waals surface area contributed by atoms with Gasteiger partial charge in [-0.3, -0.25) is 0 Å². The third kappa shape index (κ3) is 3.47. The summed E-state index contributed by atoms with van der Waals surface area (Å²) < 4.78 is 31.9. The number of hydrogen-bond acceptors (Lipinski definition) is 4. The Bertz CT molecular complexity index is 427. The zero-order chi connectivity index (χ0) is 13.5. The predicted octanol–water partition coefficient (Wildman–Crippen LogP) is 1.13. The van der Waals surface area contributed by atoms with Crippen molar-refractivity contribution >= 4 is 22.4 Å². The minimum Gasteiger partial charge on any atom is -0.375 e. The van der Waals surface area contributed by atoms with Gasteiger partial charge < -0.3 is 10.1 Å². The molecule has 1 N–H and O–H groups in total. The van der Waals surface area contributed by atoms with Crippen LogP contribution in [0.25, 0.3) is 0 Å². The van der Waals surface area contributed by atoms with Gasteiger partial charge in [-0.2, -0.15) is 4.31 Å². The molecule has 0 amide bonds. The maximum absolute atomic E-state index is 12.1. The maximum atomic E-state index is 12.1. The first-order chi connectivity index (χ1) is 9.00. The highest BCUT2D eigenvalue weighted by Gasteiger charge is 2.46. The first kappa shape index (κ1) is 16.5. The van der Waals surface area contributed by atoms with Gasteiger partial charge in [0, 0.05) is 18.7 Å². The van der Waals surface area contributed by atoms with Crippen LogP contribution in [-0.4, -0.2) is 56.4 Å². The highest BCUT2D eigenvalue weighted by Crippen LogP contribution is 2.40. The molecule has 2 heterocycles. The van der Waals surface area contributed by atoms with Crippen molar-refractivity contribution in [3.8, 4) is 0 Å². The van der Waals surface area contributed by atoms with Crippen LogP contribution in [0.4, 0.5) is 0 Å². The number of nitrogens with zero attached hydrogens (tertiary/aromatic N) is 1. The van der Waals surface area contributed by atoms with Crippen molar-refractivity contribution in [1.29, 1.82) is 0 Å². The van der Waals surface area contributed by atoms with Crippen LogP contribution >= 0.6 is 12.4 Å². The molecule has 118 valence electrons. The van der Waals surface area contributed by atoms with Crippen molar-refractivity contribution in [2.75, 3.05) is 26.0 Å². The Balaban J connectivity index is 0.00000147. The minimum absolute atomic E-state index is 0. The molecule has 1 spiro atoms. The van der Waals surface area contributed by atoms with Gasteiger partial charge in [0.15, 0.2) is 0 Å². The quantitative estimate of drug-likeness (QED) is 0.845. The summed E-state index contributed by atoms with van der Waals surface area (Å²) >= 11 is 0. The van der Waals surface area contributed by atoms with Gasteiger partial charge in [0.2, 0.25) is 10.0 Å². The topological polar surface area (TPSA) is 58.6 Å². The molecule has 5 nitrogen and oxygen atoms in total. The second kappa shape index (κ2) is 6.08. The molecule has 2 saturated heterocycles. The number of halogens is 1. The molecule has 20 heavy (non-hydrogen) atoms. The number of rotatable bonds is 3. The molecule has 1 saturated carbocycles. The van der Waals surface area contributed by atoms with Crippen molar-refractivity contribution < 1.29 is 13.2 Å². The summed E-state index contributed by atoms with van der Waals surface area (Å²) in [5, 5.41) is 3.35. The molecule has 7 heteroatoms. The first-order valence-corrected chi connectivity index (χ1v) is 9.18. The van der Waals surface area contributed by atoms with Crippen LogP contribution in [0.2, 0.25) is 0 Å². The molecule has 1 atom stereocenters. The number of piperidine rings is 1. The van der Waals surface area contributed by atoms with Crippen LogP contribution in [0.3, 0.4) is 0 Å². The fourth-order valence-electron chi connectivity index (χ4n) is 3.62. The molecular weight excluding hydrogens is 300 g/mol. The summed E-state index contributed by atoms with van der Waals surface area (Å²) in [6.07, 6.45) is 7.14. The van der Waals surface area contributed by atoms with Crippen LogP contribution in [0.1, 0.15) is 38.5 Å². The van der Waals surface area contributed by atoms with Gasteiger partial charge >= 0.3 is 0 Å². The van der Waals surface area contributed by atoms with E-state index in [0.29, 0.717) is 6.61 Å². The third-order valence-corrected chi connectivity index (χ3v) is 5.99. The maximum Gasteiger partial charge on any atom is 0.211 e. The van der Waals surface area contributed by atoms with Crippen LogP contribution < -0.4 is 5.32 Å². The summed E-state index contributed by atoms with van der Waals surface area (Å²) in [5.74, 6) is 0. The fourth-order valence-corrected chi connectivity index (χ4v) is 5.09. The van der Waals surface area contributed by atoms with Gasteiger partial charge in [-0.25, -0.2) is 8.42 Å². The first-order valence-electron chi connectivity index (χ1n) is 7.33. The van der Waals surface area contributed by atoms with E-state index in [1.165, 1.54) is 6.26 Å². The van der Waals surface area contributed by atoms with E-state index in [2.05, 4.69) is 5.32 Å². The number of ether oxygens (including phenoxy) is 1. The van der Waals surface area contributed by atoms with Gasteiger partial charge in [-0.15, -0.1) is 12.4 Å². The average Bonchev–Trinajstić information content (AvgIpc) is 3.13. The highest BCUT2D eigenvalue weighted by molar-refractivity contribution is 7.88. The highest BCUT2D eigenvalue weighted by atomic mass is 35.5. The van der Waals surface area contributed by atoms with Crippen molar-refractivity contribution in [1.82, 2.24) is 9.62 Å². The van der Waals surface area contributed by atoms with Crippen molar-refractivity contribution in [2.24, 2.45) is 0 Å². The van der Waals surface area contributed by atoms with E-state index in [1.54, 1.807) is 4.31 Å². The van der Waals surface area contributed by atoms with Crippen LogP contribution in [0, 0.1) is 0 Å². The molecule has 3 aliphatic rings. The van der Waals surface area contributed by atoms with Crippen molar-refractivity contribution in [3.05, 3.63) is 0 Å². The van der Waals surface area contributed by atoms with Gasteiger partial charge in [-0.05, 0) is 51.6 Å². The summed E-state index contributed by atoms with van der Waals surface area (Å²) in [5.41, 5.74) is -0.0774. The van der Waals surface area contributed by atoms with Crippen molar-refractivity contribution in [3.63, 3.8) is 0 Å². The molecule has 0 bridgehead atoms. The summed E-state index contributed by atoms with van der Waals surface area (Å²) in [6.45, 7) is 2.66. The second-order valence-corrected chi connectivity index (χ2v) is 8.14. The molecule has 3 rings (SSSR count). The van der Waals surface area contributed by atoms with E-state index in [0.717, 1.165) is 51.6 Å². The van der Waals surface area contributed by atoms with E-state index in [9.17, 15) is 8.42 Å². The Morgan fingerprint density at radius 3 is 2.35 bits per heavy atom. The molecular formula is C13H25ClN2O3S. The van der Waals surface area contributed by atoms with Gasteiger partial charge in [0.05, 0.1) is 11.9 Å². The molecule has 0 aromatic rings. The van der Waals surface area contributed by atoms with Gasteiger partial charge in [0.25, 0.3) is 0 Å². The van der Waals surface area contributed by atoms with Crippen LogP contribution in [0.5, 0.6) is 0 Å². The minimum atomic E-state index is -3.09. The Morgan fingerprint density at radius 2 is 1.80 bits per heavy atom. The lowest BCUT2D eigenvalue weighted by Crippen LogP contribution is -2.54. The van der Waals surface area contributed by atoms with E-state index in [1.807, 2.05) is 0 Å². The number of sulfonamides is 1. The third-order valence-electron chi connectivity index (χ3n) is 4.63. The van der Waals surface area contributed by atoms with E-state index >= 15 is 0 Å². The van der Waals surface area contributed by atoms with E-state index < -0.39 is 10.0 Å². The van der Waals surface area contributed by atoms with Gasteiger partial charge in [-0.1, -0.05) is 0 Å². The Labute approximate surface area is 127 Å². The van der Waals surface area contributed by atoms with Crippen LogP contribution in [0.15, 0.2) is 0 Å². The standard InChI is InChI=1S/C13H24N2O3S.ClH/c1-19(16,17)15(11-2-3-11)12-4-9-18-13(10-12)5-7-14-8-6-13;/h11-12,14H,2-10H2,1H3;1H. The summed E-state index contributed by atoms with van der Waals surface area (Å²) in [7, 11) is -3.09. The number of nitrogens with one attached hydrogen (secondary N) is 1. The largest absolute Gasteiger partial charge is 0.375 e. The van der Waals surface area contributed by atoms with Crippen LogP contribution in [-0.2, 0) is 14.8 Å². The monoisotopic (exact) mass is 324 g/mol. The average molecular weight is 325 g/mol. The zero-order valence-corrected chi connectivity index (χ0v) is 13.6. The smallest absolute Gasteiger partial charge is 0.211 e. The zero-order valence-electron chi connectivity index (χ0n) is 12.0. The fraction of sp³-hybridized carbons (Fsp3) is 1.00. The van der Waals surface area contributed by atoms with Gasteiger partial charge in [0.1, 0.15) is 0 Å². The molecule has 0 aromatic heterocycles. The Kier molecular flexibility index (Phi) is 5.02. The lowest BCUT2D eigenvalue weighted by Gasteiger charge is -2.46. The SMILES string of the molecule is CS(=O)(=O)N(C1CC1)C1CCOC2(CCNCC2)C1.Cl. The molecule has 0 aromatic carbocycles. The lowest BCUT2D eigenvalue weighted by molar-refractivity contribution is -0.113. The number of hydrogen-bond donors (Lipinski definition) is 1. The molecule has 0 radical (unpaired) electrons. The molecule has 3 fully saturated rings. The van der Waals surface area contributed by atoms with Crippen molar-refractivity contribution in [2.45, 2.75) is 56.2 Å². The molecule has 1 aliphatic carbocycles. The lowest BCUT2D eigenvalue weighted by atomic mass is 9.83. The normalized spacial score (nSPS) is 30.2. The second-order valence-electron chi connectivity index (χ2n) is 6.25. The van der Waals surface area contributed by atoms with E-state index in [-0.39, 0.29) is 30.1 Å². The molecule has 2 aliphatic heterocycles.